The average Bonchev–Trinajstić information content (AvgIpc) is 3.01. The van der Waals surface area contributed by atoms with Crippen LogP contribution in [0.5, 0.6) is 5.88 Å². The number of carbonyl (C=O) groups is 1. The van der Waals surface area contributed by atoms with E-state index in [-0.39, 0.29) is 6.03 Å². The van der Waals surface area contributed by atoms with E-state index in [2.05, 4.69) is 15.6 Å². The molecule has 0 spiro atoms. The molecule has 2 amide bonds. The van der Waals surface area contributed by atoms with Gasteiger partial charge in [-0.15, -0.1) is 0 Å². The van der Waals surface area contributed by atoms with Crippen molar-refractivity contribution in [2.75, 3.05) is 25.6 Å². The summed E-state index contributed by atoms with van der Waals surface area (Å²) in [6.07, 6.45) is 4.66. The van der Waals surface area contributed by atoms with Crippen LogP contribution in [0.4, 0.5) is 10.5 Å². The molecule has 0 saturated heterocycles. The minimum atomic E-state index is -0.314. The fourth-order valence-electron chi connectivity index (χ4n) is 1.52. The molecule has 0 bridgehead atoms. The van der Waals surface area contributed by atoms with Crippen LogP contribution in [-0.2, 0) is 11.3 Å². The fourth-order valence-corrected chi connectivity index (χ4v) is 1.52. The molecule has 112 valence electrons. The van der Waals surface area contributed by atoms with E-state index in [1.54, 1.807) is 37.8 Å². The van der Waals surface area contributed by atoms with Crippen LogP contribution in [-0.4, -0.2) is 31.3 Å². The van der Waals surface area contributed by atoms with Crippen molar-refractivity contribution in [3.63, 3.8) is 0 Å². The van der Waals surface area contributed by atoms with Gasteiger partial charge in [0.05, 0.1) is 31.0 Å². The number of urea groups is 1. The van der Waals surface area contributed by atoms with Gasteiger partial charge in [-0.3, -0.25) is 0 Å². The molecule has 0 atom stereocenters. The minimum absolute atomic E-state index is 0.314. The lowest BCUT2D eigenvalue weighted by atomic mass is 10.3. The third kappa shape index (κ3) is 5.15. The highest BCUT2D eigenvalue weighted by molar-refractivity contribution is 5.88. The first-order chi connectivity index (χ1) is 10.3. The average molecular weight is 291 g/mol. The molecule has 0 aliphatic heterocycles. The molecular formula is C14H17N3O4. The van der Waals surface area contributed by atoms with Crippen LogP contribution in [0.1, 0.15) is 5.56 Å². The zero-order chi connectivity index (χ0) is 14.9. The molecule has 0 aromatic carbocycles. The summed E-state index contributed by atoms with van der Waals surface area (Å²) < 4.78 is 15.1. The molecule has 21 heavy (non-hydrogen) atoms. The normalized spacial score (nSPS) is 10.1. The predicted octanol–water partition coefficient (Wildman–Crippen LogP) is 2.02. The number of rotatable bonds is 7. The van der Waals surface area contributed by atoms with Gasteiger partial charge in [-0.25, -0.2) is 9.78 Å². The molecular weight excluding hydrogens is 274 g/mol. The lowest BCUT2D eigenvalue weighted by Gasteiger charge is -2.08. The number of methoxy groups -OCH3 is 1. The Morgan fingerprint density at radius 3 is 2.90 bits per heavy atom. The number of furan rings is 1. The van der Waals surface area contributed by atoms with E-state index in [1.807, 2.05) is 0 Å². The highest BCUT2D eigenvalue weighted by Gasteiger charge is 2.03. The number of pyridine rings is 1. The Morgan fingerprint density at radius 2 is 2.24 bits per heavy atom. The Morgan fingerprint density at radius 1 is 1.33 bits per heavy atom. The van der Waals surface area contributed by atoms with Gasteiger partial charge in [0.25, 0.3) is 0 Å². The largest absolute Gasteiger partial charge is 0.475 e. The number of hydrogen-bond acceptors (Lipinski definition) is 5. The standard InChI is InChI=1S/C14H17N3O4/c1-19-6-7-21-13-3-2-12(9-15-13)17-14(18)16-8-11-4-5-20-10-11/h2-5,9-10H,6-8H2,1H3,(H2,16,17,18). The Balaban J connectivity index is 1.75. The Labute approximate surface area is 122 Å². The van der Waals surface area contributed by atoms with Crippen LogP contribution < -0.4 is 15.4 Å². The third-order valence-corrected chi connectivity index (χ3v) is 2.56. The molecule has 0 fully saturated rings. The Kier molecular flexibility index (Phi) is 5.60. The summed E-state index contributed by atoms with van der Waals surface area (Å²) >= 11 is 0. The van der Waals surface area contributed by atoms with Crippen LogP contribution in [0, 0.1) is 0 Å². The molecule has 0 radical (unpaired) electrons. The SMILES string of the molecule is COCCOc1ccc(NC(=O)NCc2ccoc2)cn1. The van der Waals surface area contributed by atoms with Crippen molar-refractivity contribution < 1.29 is 18.7 Å². The molecule has 2 aromatic heterocycles. The van der Waals surface area contributed by atoms with Crippen LogP contribution in [0.2, 0.25) is 0 Å². The maximum atomic E-state index is 11.7. The maximum Gasteiger partial charge on any atom is 0.319 e. The molecule has 0 saturated carbocycles. The van der Waals surface area contributed by atoms with Crippen molar-refractivity contribution in [3.8, 4) is 5.88 Å². The van der Waals surface area contributed by atoms with Gasteiger partial charge in [-0.2, -0.15) is 0 Å². The van der Waals surface area contributed by atoms with Crippen LogP contribution >= 0.6 is 0 Å². The number of ether oxygens (including phenoxy) is 2. The second kappa shape index (κ2) is 7.91. The predicted molar refractivity (Wildman–Crippen MR) is 76.2 cm³/mol. The van der Waals surface area contributed by atoms with Gasteiger partial charge < -0.3 is 24.5 Å². The highest BCUT2D eigenvalue weighted by atomic mass is 16.5. The number of hydrogen-bond donors (Lipinski definition) is 2. The number of aromatic nitrogens is 1. The van der Waals surface area contributed by atoms with E-state index in [1.165, 1.54) is 6.20 Å². The minimum Gasteiger partial charge on any atom is -0.475 e. The highest BCUT2D eigenvalue weighted by Crippen LogP contribution is 2.11. The van der Waals surface area contributed by atoms with Crippen molar-refractivity contribution in [1.82, 2.24) is 10.3 Å². The molecule has 0 aliphatic carbocycles. The van der Waals surface area contributed by atoms with Crippen LogP contribution in [0.25, 0.3) is 0 Å². The molecule has 7 nitrogen and oxygen atoms in total. The van der Waals surface area contributed by atoms with E-state index < -0.39 is 0 Å². The first kappa shape index (κ1) is 14.9. The summed E-state index contributed by atoms with van der Waals surface area (Å²) in [5.74, 6) is 0.483. The van der Waals surface area contributed by atoms with Crippen LogP contribution in [0.15, 0.2) is 41.3 Å². The van der Waals surface area contributed by atoms with Crippen molar-refractivity contribution in [1.29, 1.82) is 0 Å². The van der Waals surface area contributed by atoms with Gasteiger partial charge in [0.1, 0.15) is 6.61 Å². The maximum absolute atomic E-state index is 11.7. The summed E-state index contributed by atoms with van der Waals surface area (Å²) in [7, 11) is 1.60. The summed E-state index contributed by atoms with van der Waals surface area (Å²) in [6.45, 7) is 1.33. The number of nitrogens with zero attached hydrogens (tertiary/aromatic N) is 1. The number of anilines is 1. The van der Waals surface area contributed by atoms with Crippen molar-refractivity contribution in [3.05, 3.63) is 42.5 Å². The monoisotopic (exact) mass is 291 g/mol. The van der Waals surface area contributed by atoms with Crippen molar-refractivity contribution in [2.45, 2.75) is 6.54 Å². The van der Waals surface area contributed by atoms with Gasteiger partial charge in [-0.1, -0.05) is 0 Å². The lowest BCUT2D eigenvalue weighted by Crippen LogP contribution is -2.28. The number of nitrogens with one attached hydrogen (secondary N) is 2. The lowest BCUT2D eigenvalue weighted by molar-refractivity contribution is 0.144. The first-order valence-electron chi connectivity index (χ1n) is 6.41. The van der Waals surface area contributed by atoms with Gasteiger partial charge in [0.2, 0.25) is 5.88 Å². The van der Waals surface area contributed by atoms with Crippen molar-refractivity contribution >= 4 is 11.7 Å². The molecule has 2 rings (SSSR count). The van der Waals surface area contributed by atoms with E-state index in [0.29, 0.717) is 31.3 Å². The Hall–Kier alpha value is -2.54. The van der Waals surface area contributed by atoms with Crippen molar-refractivity contribution in [2.24, 2.45) is 0 Å². The third-order valence-electron chi connectivity index (χ3n) is 2.56. The number of amides is 2. The van der Waals surface area contributed by atoms with Gasteiger partial charge >= 0.3 is 6.03 Å². The zero-order valence-corrected chi connectivity index (χ0v) is 11.7. The molecule has 2 heterocycles. The number of carbonyl (C=O) groups excluding carboxylic acids is 1. The van der Waals surface area contributed by atoms with Gasteiger partial charge in [0, 0.05) is 25.3 Å². The van der Waals surface area contributed by atoms with E-state index in [0.717, 1.165) is 5.56 Å². The Bertz CT molecular complexity index is 540. The van der Waals surface area contributed by atoms with Gasteiger partial charge in [-0.05, 0) is 12.1 Å². The summed E-state index contributed by atoms with van der Waals surface area (Å²) in [6, 6.07) is 4.87. The zero-order valence-electron chi connectivity index (χ0n) is 11.7. The van der Waals surface area contributed by atoms with E-state index >= 15 is 0 Å². The first-order valence-corrected chi connectivity index (χ1v) is 6.41. The van der Waals surface area contributed by atoms with E-state index in [9.17, 15) is 4.79 Å². The van der Waals surface area contributed by atoms with Gasteiger partial charge in [0.15, 0.2) is 0 Å². The molecule has 0 aliphatic rings. The second-order valence-electron chi connectivity index (χ2n) is 4.17. The summed E-state index contributed by atoms with van der Waals surface area (Å²) in [5.41, 5.74) is 1.48. The summed E-state index contributed by atoms with van der Waals surface area (Å²) in [4.78, 5) is 15.8. The smallest absolute Gasteiger partial charge is 0.319 e. The second-order valence-corrected chi connectivity index (χ2v) is 4.17. The molecule has 2 aromatic rings. The topological polar surface area (TPSA) is 85.6 Å². The van der Waals surface area contributed by atoms with E-state index in [4.69, 9.17) is 13.9 Å². The molecule has 7 heteroatoms. The molecule has 2 N–H and O–H groups in total. The summed E-state index contributed by atoms with van der Waals surface area (Å²) in [5, 5.41) is 5.38. The quantitative estimate of drug-likeness (QED) is 0.762. The molecule has 0 unspecified atom stereocenters. The fraction of sp³-hybridized carbons (Fsp3) is 0.286. The van der Waals surface area contributed by atoms with Crippen LogP contribution in [0.3, 0.4) is 0 Å².